The minimum Gasteiger partial charge on any atom is -0.410 e. The summed E-state index contributed by atoms with van der Waals surface area (Å²) in [6, 6.07) is 5.28. The molecule has 2 aromatic rings. The van der Waals surface area contributed by atoms with Crippen molar-refractivity contribution >= 4 is 17.5 Å². The van der Waals surface area contributed by atoms with E-state index in [-0.39, 0.29) is 23.5 Å². The number of nitro groups is 1. The molecule has 0 spiro atoms. The van der Waals surface area contributed by atoms with E-state index in [9.17, 15) is 19.7 Å². The smallest absolute Gasteiger partial charge is 0.410 e. The number of nitrogens with zero attached hydrogens (tertiary/aromatic N) is 4. The molecule has 3 rings (SSSR count). The molecule has 140 valence electrons. The van der Waals surface area contributed by atoms with Gasteiger partial charge in [0.15, 0.2) is 0 Å². The minimum atomic E-state index is -0.579. The molecule has 0 unspecified atom stereocenters. The van der Waals surface area contributed by atoms with Crippen molar-refractivity contribution in [2.75, 3.05) is 13.1 Å². The SMILES string of the molecule is Cc1cn(C2=CCCN(C(=O)Oc3ccc([N+](=O)[O-])cc3)C2)c(=O)c(C)n1. The predicted molar refractivity (Wildman–Crippen MR) is 97.6 cm³/mol. The number of ether oxygens (including phenoxy) is 1. The van der Waals surface area contributed by atoms with Crippen molar-refractivity contribution in [2.45, 2.75) is 20.3 Å². The molecule has 1 aliphatic rings. The van der Waals surface area contributed by atoms with Crippen LogP contribution >= 0.6 is 0 Å². The molecule has 27 heavy (non-hydrogen) atoms. The fourth-order valence-corrected chi connectivity index (χ4v) is 2.83. The molecule has 2 heterocycles. The van der Waals surface area contributed by atoms with E-state index in [2.05, 4.69) is 4.98 Å². The van der Waals surface area contributed by atoms with Gasteiger partial charge in [-0.05, 0) is 32.4 Å². The number of carbonyl (C=O) groups is 1. The predicted octanol–water partition coefficient (Wildman–Crippen LogP) is 2.51. The van der Waals surface area contributed by atoms with Crippen LogP contribution in [-0.4, -0.2) is 38.6 Å². The van der Waals surface area contributed by atoms with E-state index in [1.807, 2.05) is 6.08 Å². The largest absolute Gasteiger partial charge is 0.415 e. The molecule has 1 aromatic carbocycles. The lowest BCUT2D eigenvalue weighted by atomic mass is 10.2. The number of hydrogen-bond donors (Lipinski definition) is 0. The maximum Gasteiger partial charge on any atom is 0.415 e. The van der Waals surface area contributed by atoms with Crippen LogP contribution in [0.3, 0.4) is 0 Å². The zero-order chi connectivity index (χ0) is 19.6. The van der Waals surface area contributed by atoms with Crippen LogP contribution in [0.25, 0.3) is 5.70 Å². The van der Waals surface area contributed by atoms with E-state index in [0.29, 0.717) is 30.1 Å². The van der Waals surface area contributed by atoms with Crippen molar-refractivity contribution in [2.24, 2.45) is 0 Å². The lowest BCUT2D eigenvalue weighted by molar-refractivity contribution is -0.384. The maximum atomic E-state index is 12.4. The van der Waals surface area contributed by atoms with Crippen LogP contribution < -0.4 is 10.3 Å². The molecule has 0 atom stereocenters. The van der Waals surface area contributed by atoms with Gasteiger partial charge in [0.1, 0.15) is 11.4 Å². The number of amides is 1. The fourth-order valence-electron chi connectivity index (χ4n) is 2.83. The van der Waals surface area contributed by atoms with Crippen molar-refractivity contribution < 1.29 is 14.5 Å². The van der Waals surface area contributed by atoms with Crippen LogP contribution in [0.1, 0.15) is 17.8 Å². The van der Waals surface area contributed by atoms with Crippen molar-refractivity contribution in [1.82, 2.24) is 14.5 Å². The number of nitro benzene ring substituents is 1. The monoisotopic (exact) mass is 370 g/mol. The number of carbonyl (C=O) groups excluding carboxylic acids is 1. The average molecular weight is 370 g/mol. The Morgan fingerprint density at radius 3 is 2.63 bits per heavy atom. The highest BCUT2D eigenvalue weighted by molar-refractivity contribution is 5.73. The van der Waals surface area contributed by atoms with E-state index >= 15 is 0 Å². The topological polar surface area (TPSA) is 108 Å². The van der Waals surface area contributed by atoms with Crippen LogP contribution in [0, 0.1) is 24.0 Å². The first-order valence-electron chi connectivity index (χ1n) is 8.32. The van der Waals surface area contributed by atoms with Gasteiger partial charge in [0.25, 0.3) is 11.2 Å². The maximum absolute atomic E-state index is 12.4. The van der Waals surface area contributed by atoms with E-state index in [4.69, 9.17) is 4.74 Å². The second kappa shape index (κ2) is 7.40. The third kappa shape index (κ3) is 4.02. The first kappa shape index (κ1) is 18.3. The molecule has 0 bridgehead atoms. The third-order valence-electron chi connectivity index (χ3n) is 4.14. The van der Waals surface area contributed by atoms with E-state index in [1.165, 1.54) is 33.7 Å². The summed E-state index contributed by atoms with van der Waals surface area (Å²) in [6.07, 6.45) is 3.56. The Kier molecular flexibility index (Phi) is 5.02. The number of benzene rings is 1. The van der Waals surface area contributed by atoms with Crippen LogP contribution in [0.15, 0.2) is 41.3 Å². The van der Waals surface area contributed by atoms with Gasteiger partial charge in [0, 0.05) is 30.6 Å². The van der Waals surface area contributed by atoms with Crippen molar-refractivity contribution in [3.05, 3.63) is 68.4 Å². The summed E-state index contributed by atoms with van der Waals surface area (Å²) in [4.78, 5) is 40.5. The summed E-state index contributed by atoms with van der Waals surface area (Å²) in [5.41, 5.74) is 1.47. The van der Waals surface area contributed by atoms with Crippen molar-refractivity contribution in [3.8, 4) is 5.75 Å². The lowest BCUT2D eigenvalue weighted by Crippen LogP contribution is -2.40. The Labute approximate surface area is 154 Å². The number of rotatable bonds is 3. The van der Waals surface area contributed by atoms with Crippen LogP contribution in [0.2, 0.25) is 0 Å². The molecule has 0 saturated carbocycles. The molecule has 0 radical (unpaired) electrons. The first-order valence-corrected chi connectivity index (χ1v) is 8.32. The van der Waals surface area contributed by atoms with Gasteiger partial charge >= 0.3 is 6.09 Å². The van der Waals surface area contributed by atoms with E-state index < -0.39 is 11.0 Å². The normalized spacial score (nSPS) is 13.9. The Morgan fingerprint density at radius 2 is 1.96 bits per heavy atom. The number of hydrogen-bond acceptors (Lipinski definition) is 6. The summed E-state index contributed by atoms with van der Waals surface area (Å²) in [5, 5.41) is 10.7. The number of aryl methyl sites for hydroxylation is 2. The van der Waals surface area contributed by atoms with Gasteiger partial charge in [0.05, 0.1) is 17.2 Å². The third-order valence-corrected chi connectivity index (χ3v) is 4.14. The second-order valence-electron chi connectivity index (χ2n) is 6.17. The fraction of sp³-hybridized carbons (Fsp3) is 0.278. The summed E-state index contributed by atoms with van der Waals surface area (Å²) in [6.45, 7) is 4.12. The molecule has 0 N–H and O–H groups in total. The lowest BCUT2D eigenvalue weighted by Gasteiger charge is -2.27. The molecular formula is C18H18N4O5. The summed E-state index contributed by atoms with van der Waals surface area (Å²) in [5.74, 6) is 0.217. The summed E-state index contributed by atoms with van der Waals surface area (Å²) in [7, 11) is 0. The number of non-ortho nitro benzene ring substituents is 1. The molecule has 9 nitrogen and oxygen atoms in total. The van der Waals surface area contributed by atoms with Crippen LogP contribution in [0.4, 0.5) is 10.5 Å². The van der Waals surface area contributed by atoms with E-state index in [0.717, 1.165) is 0 Å². The Bertz CT molecular complexity index is 978. The van der Waals surface area contributed by atoms with Gasteiger partial charge in [-0.3, -0.25) is 24.5 Å². The second-order valence-corrected chi connectivity index (χ2v) is 6.17. The summed E-state index contributed by atoms with van der Waals surface area (Å²) < 4.78 is 6.79. The highest BCUT2D eigenvalue weighted by atomic mass is 16.6. The van der Waals surface area contributed by atoms with Crippen LogP contribution in [0.5, 0.6) is 5.75 Å². The Balaban J connectivity index is 1.74. The Morgan fingerprint density at radius 1 is 1.26 bits per heavy atom. The van der Waals surface area contributed by atoms with Gasteiger partial charge in [-0.25, -0.2) is 4.79 Å². The highest BCUT2D eigenvalue weighted by Crippen LogP contribution is 2.20. The van der Waals surface area contributed by atoms with Gasteiger partial charge < -0.3 is 9.64 Å². The molecule has 0 fully saturated rings. The quantitative estimate of drug-likeness (QED) is 0.607. The first-order chi connectivity index (χ1) is 12.8. The van der Waals surface area contributed by atoms with Crippen LogP contribution in [-0.2, 0) is 0 Å². The molecule has 0 aliphatic carbocycles. The molecule has 0 saturated heterocycles. The van der Waals surface area contributed by atoms with Crippen molar-refractivity contribution in [3.63, 3.8) is 0 Å². The minimum absolute atomic E-state index is 0.0826. The highest BCUT2D eigenvalue weighted by Gasteiger charge is 2.22. The Hall–Kier alpha value is -3.49. The molecule has 9 heteroatoms. The van der Waals surface area contributed by atoms with Gasteiger partial charge in [0.2, 0.25) is 0 Å². The molecule has 1 aromatic heterocycles. The van der Waals surface area contributed by atoms with Crippen molar-refractivity contribution in [1.29, 1.82) is 0 Å². The molecular weight excluding hydrogens is 352 g/mol. The van der Waals surface area contributed by atoms with Gasteiger partial charge in [-0.15, -0.1) is 0 Å². The van der Waals surface area contributed by atoms with E-state index in [1.54, 1.807) is 20.0 Å². The van der Waals surface area contributed by atoms with Gasteiger partial charge in [-0.1, -0.05) is 6.08 Å². The molecule has 1 amide bonds. The standard InChI is InChI=1S/C18H18N4O5/c1-12-10-21(17(23)13(2)19-12)15-4-3-9-20(11-15)18(24)27-16-7-5-14(6-8-16)22(25)26/h4-8,10H,3,9,11H2,1-2H3. The zero-order valence-electron chi connectivity index (χ0n) is 14.9. The number of aromatic nitrogens is 2. The average Bonchev–Trinajstić information content (AvgIpc) is 2.65. The zero-order valence-corrected chi connectivity index (χ0v) is 14.9. The summed E-state index contributed by atoms with van der Waals surface area (Å²) >= 11 is 0. The molecule has 1 aliphatic heterocycles. The van der Waals surface area contributed by atoms with Gasteiger partial charge in [-0.2, -0.15) is 0 Å².